The number of halogens is 1. The maximum Gasteiger partial charge on any atom is 0.244 e. The Morgan fingerprint density at radius 1 is 1.35 bits per heavy atom. The summed E-state index contributed by atoms with van der Waals surface area (Å²) in [5.41, 5.74) is 7.39. The zero-order valence-electron chi connectivity index (χ0n) is 11.9. The van der Waals surface area contributed by atoms with Crippen molar-refractivity contribution in [2.75, 3.05) is 7.05 Å². The standard InChI is InChI=1S/C14H21BrN2O2S/c1-10-7-11(9-16)8-13(14(10)15)20(18,19)17(2)12-5-3-4-6-12/h7-8,12H,3-6,9,16H2,1-2H3. The lowest BCUT2D eigenvalue weighted by Crippen LogP contribution is -2.35. The minimum atomic E-state index is -3.48. The van der Waals surface area contributed by atoms with E-state index in [0.29, 0.717) is 15.9 Å². The van der Waals surface area contributed by atoms with Gasteiger partial charge in [0.1, 0.15) is 0 Å². The monoisotopic (exact) mass is 360 g/mol. The van der Waals surface area contributed by atoms with E-state index < -0.39 is 10.0 Å². The molecule has 0 atom stereocenters. The molecule has 2 N–H and O–H groups in total. The summed E-state index contributed by atoms with van der Waals surface area (Å²) in [7, 11) is -1.79. The van der Waals surface area contributed by atoms with Crippen molar-refractivity contribution in [2.45, 2.75) is 50.1 Å². The molecule has 1 aromatic carbocycles. The van der Waals surface area contributed by atoms with Gasteiger partial charge in [0, 0.05) is 24.1 Å². The van der Waals surface area contributed by atoms with Crippen molar-refractivity contribution in [3.63, 3.8) is 0 Å². The molecule has 0 unspecified atom stereocenters. The third kappa shape index (κ3) is 2.93. The first-order valence-corrected chi connectivity index (χ1v) is 9.08. The zero-order valence-corrected chi connectivity index (χ0v) is 14.3. The number of hydrogen-bond acceptors (Lipinski definition) is 3. The van der Waals surface area contributed by atoms with E-state index >= 15 is 0 Å². The maximum atomic E-state index is 12.8. The van der Waals surface area contributed by atoms with Gasteiger partial charge in [-0.3, -0.25) is 0 Å². The Morgan fingerprint density at radius 3 is 2.50 bits per heavy atom. The van der Waals surface area contributed by atoms with E-state index in [2.05, 4.69) is 15.9 Å². The molecule has 1 aliphatic rings. The number of benzene rings is 1. The average Bonchev–Trinajstić information content (AvgIpc) is 2.94. The predicted octanol–water partition coefficient (Wildman–Crippen LogP) is 2.78. The maximum absolute atomic E-state index is 12.8. The molecule has 0 heterocycles. The van der Waals surface area contributed by atoms with Gasteiger partial charge < -0.3 is 5.73 Å². The van der Waals surface area contributed by atoms with Crippen LogP contribution in [-0.2, 0) is 16.6 Å². The quantitative estimate of drug-likeness (QED) is 0.897. The molecule has 20 heavy (non-hydrogen) atoms. The van der Waals surface area contributed by atoms with Gasteiger partial charge >= 0.3 is 0 Å². The Hall–Kier alpha value is -0.430. The lowest BCUT2D eigenvalue weighted by Gasteiger charge is -2.25. The highest BCUT2D eigenvalue weighted by molar-refractivity contribution is 9.10. The van der Waals surface area contributed by atoms with Gasteiger partial charge in [0.05, 0.1) is 4.90 Å². The van der Waals surface area contributed by atoms with Gasteiger partial charge in [0.25, 0.3) is 0 Å². The van der Waals surface area contributed by atoms with Gasteiger partial charge in [0.2, 0.25) is 10.0 Å². The Kier molecular flexibility index (Phi) is 4.89. The fourth-order valence-corrected chi connectivity index (χ4v) is 5.18. The number of aryl methyl sites for hydroxylation is 1. The number of nitrogens with two attached hydrogens (primary N) is 1. The predicted molar refractivity (Wildman–Crippen MR) is 84.0 cm³/mol. The van der Waals surface area contributed by atoms with Crippen LogP contribution in [0.5, 0.6) is 0 Å². The lowest BCUT2D eigenvalue weighted by molar-refractivity contribution is 0.372. The topological polar surface area (TPSA) is 63.4 Å². The highest BCUT2D eigenvalue weighted by atomic mass is 79.9. The van der Waals surface area contributed by atoms with Crippen molar-refractivity contribution in [3.05, 3.63) is 27.7 Å². The molecule has 112 valence electrons. The molecule has 1 aliphatic carbocycles. The number of sulfonamides is 1. The Morgan fingerprint density at radius 2 is 1.95 bits per heavy atom. The van der Waals surface area contributed by atoms with E-state index in [1.54, 1.807) is 13.1 Å². The van der Waals surface area contributed by atoms with Crippen LogP contribution in [0.1, 0.15) is 36.8 Å². The summed E-state index contributed by atoms with van der Waals surface area (Å²) in [6.45, 7) is 2.22. The minimum absolute atomic E-state index is 0.119. The first-order valence-electron chi connectivity index (χ1n) is 6.85. The molecule has 1 aromatic rings. The van der Waals surface area contributed by atoms with E-state index in [9.17, 15) is 8.42 Å². The number of nitrogens with zero attached hydrogens (tertiary/aromatic N) is 1. The largest absolute Gasteiger partial charge is 0.326 e. The van der Waals surface area contributed by atoms with Crippen LogP contribution in [0.15, 0.2) is 21.5 Å². The molecule has 0 aromatic heterocycles. The van der Waals surface area contributed by atoms with E-state index in [1.165, 1.54) is 4.31 Å². The molecular weight excluding hydrogens is 340 g/mol. The van der Waals surface area contributed by atoms with Crippen LogP contribution in [0, 0.1) is 6.92 Å². The van der Waals surface area contributed by atoms with Crippen LogP contribution in [-0.4, -0.2) is 25.8 Å². The molecule has 0 saturated heterocycles. The molecule has 0 amide bonds. The van der Waals surface area contributed by atoms with Crippen LogP contribution in [0.4, 0.5) is 0 Å². The van der Waals surface area contributed by atoms with Crippen molar-refractivity contribution in [1.82, 2.24) is 4.31 Å². The summed E-state index contributed by atoms with van der Waals surface area (Å²) in [5.74, 6) is 0. The molecule has 6 heteroatoms. The molecular formula is C14H21BrN2O2S. The summed E-state index contributed by atoms with van der Waals surface area (Å²) in [6, 6.07) is 3.71. The third-order valence-electron chi connectivity index (χ3n) is 4.01. The van der Waals surface area contributed by atoms with E-state index in [1.807, 2.05) is 13.0 Å². The van der Waals surface area contributed by atoms with Crippen LogP contribution in [0.3, 0.4) is 0 Å². The molecule has 4 nitrogen and oxygen atoms in total. The average molecular weight is 361 g/mol. The van der Waals surface area contributed by atoms with Gasteiger partial charge in [0.15, 0.2) is 0 Å². The first-order chi connectivity index (χ1) is 9.37. The van der Waals surface area contributed by atoms with Crippen molar-refractivity contribution in [2.24, 2.45) is 5.73 Å². The molecule has 1 fully saturated rings. The molecule has 0 radical (unpaired) electrons. The van der Waals surface area contributed by atoms with Crippen LogP contribution >= 0.6 is 15.9 Å². The highest BCUT2D eigenvalue weighted by Crippen LogP contribution is 2.32. The summed E-state index contributed by atoms with van der Waals surface area (Å²) in [4.78, 5) is 0.326. The second-order valence-corrected chi connectivity index (χ2v) is 8.15. The molecule has 0 bridgehead atoms. The molecule has 0 spiro atoms. The van der Waals surface area contributed by atoms with Crippen molar-refractivity contribution in [3.8, 4) is 0 Å². The Balaban J connectivity index is 2.45. The second-order valence-electron chi connectivity index (χ2n) is 5.39. The number of hydrogen-bond donors (Lipinski definition) is 1. The fourth-order valence-electron chi connectivity index (χ4n) is 2.73. The number of rotatable bonds is 4. The van der Waals surface area contributed by atoms with E-state index in [0.717, 1.165) is 36.8 Å². The summed E-state index contributed by atoms with van der Waals surface area (Å²) >= 11 is 3.41. The minimum Gasteiger partial charge on any atom is -0.326 e. The first kappa shape index (κ1) is 15.9. The second kappa shape index (κ2) is 6.13. The molecule has 2 rings (SSSR count). The highest BCUT2D eigenvalue weighted by Gasteiger charge is 2.31. The van der Waals surface area contributed by atoms with E-state index in [4.69, 9.17) is 5.73 Å². The van der Waals surface area contributed by atoms with Gasteiger partial charge in [-0.1, -0.05) is 18.9 Å². The smallest absolute Gasteiger partial charge is 0.244 e. The molecule has 0 aliphatic heterocycles. The van der Waals surface area contributed by atoms with Crippen LogP contribution in [0.2, 0.25) is 0 Å². The Labute approximate surface area is 129 Å². The van der Waals surface area contributed by atoms with Gasteiger partial charge in [-0.15, -0.1) is 0 Å². The SMILES string of the molecule is Cc1cc(CN)cc(S(=O)(=O)N(C)C2CCCC2)c1Br. The summed E-state index contributed by atoms with van der Waals surface area (Å²) < 4.78 is 27.8. The Bertz CT molecular complexity index is 595. The van der Waals surface area contributed by atoms with Crippen molar-refractivity contribution < 1.29 is 8.42 Å². The van der Waals surface area contributed by atoms with Gasteiger partial charge in [-0.2, -0.15) is 4.31 Å². The van der Waals surface area contributed by atoms with Crippen LogP contribution in [0.25, 0.3) is 0 Å². The van der Waals surface area contributed by atoms with Gasteiger partial charge in [-0.25, -0.2) is 8.42 Å². The summed E-state index contributed by atoms with van der Waals surface area (Å²) in [6.07, 6.45) is 4.10. The van der Waals surface area contributed by atoms with Crippen LogP contribution < -0.4 is 5.73 Å². The summed E-state index contributed by atoms with van der Waals surface area (Å²) in [5, 5.41) is 0. The van der Waals surface area contributed by atoms with Gasteiger partial charge in [-0.05, 0) is 52.9 Å². The van der Waals surface area contributed by atoms with Crippen molar-refractivity contribution >= 4 is 26.0 Å². The normalized spacial score (nSPS) is 17.1. The molecule has 1 saturated carbocycles. The lowest BCUT2D eigenvalue weighted by atomic mass is 10.1. The third-order valence-corrected chi connectivity index (χ3v) is 7.26. The van der Waals surface area contributed by atoms with E-state index in [-0.39, 0.29) is 6.04 Å². The fraction of sp³-hybridized carbons (Fsp3) is 0.571. The van der Waals surface area contributed by atoms with Crippen molar-refractivity contribution in [1.29, 1.82) is 0 Å². The zero-order chi connectivity index (χ0) is 14.9.